The normalized spacial score (nSPS) is 13.2. The maximum atomic E-state index is 13.1. The SMILES string of the molecule is CC(Br)CN(C)Cc1cc(F)cc(Br)c1. The molecule has 0 saturated heterocycles. The van der Waals surface area contributed by atoms with Crippen molar-refractivity contribution in [2.75, 3.05) is 13.6 Å². The van der Waals surface area contributed by atoms with Gasteiger partial charge in [-0.2, -0.15) is 0 Å². The molecule has 1 nitrogen and oxygen atoms in total. The van der Waals surface area contributed by atoms with E-state index in [1.165, 1.54) is 6.07 Å². The van der Waals surface area contributed by atoms with Crippen molar-refractivity contribution < 1.29 is 4.39 Å². The molecule has 1 unspecified atom stereocenters. The van der Waals surface area contributed by atoms with E-state index in [1.807, 2.05) is 13.1 Å². The van der Waals surface area contributed by atoms with E-state index >= 15 is 0 Å². The Kier molecular flexibility index (Phi) is 5.23. The van der Waals surface area contributed by atoms with Gasteiger partial charge >= 0.3 is 0 Å². The minimum atomic E-state index is -0.195. The average molecular weight is 339 g/mol. The van der Waals surface area contributed by atoms with Crippen LogP contribution in [0, 0.1) is 5.82 Å². The highest BCUT2D eigenvalue weighted by Crippen LogP contribution is 2.16. The molecule has 0 heterocycles. The lowest BCUT2D eigenvalue weighted by molar-refractivity contribution is 0.332. The Labute approximate surface area is 107 Å². The molecule has 0 radical (unpaired) electrons. The molecule has 15 heavy (non-hydrogen) atoms. The number of alkyl halides is 1. The number of hydrogen-bond donors (Lipinski definition) is 0. The number of benzene rings is 1. The maximum Gasteiger partial charge on any atom is 0.124 e. The molecule has 1 aromatic carbocycles. The van der Waals surface area contributed by atoms with Gasteiger partial charge in [0, 0.05) is 22.4 Å². The van der Waals surface area contributed by atoms with E-state index in [2.05, 4.69) is 43.7 Å². The Hall–Kier alpha value is 0.0700. The molecular formula is C11H14Br2FN. The van der Waals surface area contributed by atoms with Crippen molar-refractivity contribution in [3.05, 3.63) is 34.1 Å². The summed E-state index contributed by atoms with van der Waals surface area (Å²) in [5.74, 6) is -0.195. The molecule has 0 spiro atoms. The fourth-order valence-electron chi connectivity index (χ4n) is 1.51. The summed E-state index contributed by atoms with van der Waals surface area (Å²) < 4.78 is 13.9. The van der Waals surface area contributed by atoms with Crippen LogP contribution in [0.15, 0.2) is 22.7 Å². The van der Waals surface area contributed by atoms with Crippen LogP contribution in [0.5, 0.6) is 0 Å². The van der Waals surface area contributed by atoms with E-state index in [0.29, 0.717) is 4.83 Å². The van der Waals surface area contributed by atoms with Crippen molar-refractivity contribution in [2.45, 2.75) is 18.3 Å². The van der Waals surface area contributed by atoms with Gasteiger partial charge in [-0.15, -0.1) is 0 Å². The molecule has 0 fully saturated rings. The minimum Gasteiger partial charge on any atom is -0.301 e. The molecule has 0 aromatic heterocycles. The number of nitrogens with zero attached hydrogens (tertiary/aromatic N) is 1. The molecule has 4 heteroatoms. The van der Waals surface area contributed by atoms with E-state index in [9.17, 15) is 4.39 Å². The third kappa shape index (κ3) is 5.09. The molecule has 0 bridgehead atoms. The summed E-state index contributed by atoms with van der Waals surface area (Å²) in [5, 5.41) is 0. The van der Waals surface area contributed by atoms with Crippen molar-refractivity contribution in [3.63, 3.8) is 0 Å². The predicted octanol–water partition coefficient (Wildman–Crippen LogP) is 3.80. The first-order valence-corrected chi connectivity index (χ1v) is 6.46. The Balaban J connectivity index is 2.63. The quantitative estimate of drug-likeness (QED) is 0.755. The van der Waals surface area contributed by atoms with Gasteiger partial charge in [-0.25, -0.2) is 4.39 Å². The molecule has 0 aliphatic rings. The van der Waals surface area contributed by atoms with Crippen molar-refractivity contribution in [1.82, 2.24) is 4.90 Å². The topological polar surface area (TPSA) is 3.24 Å². The minimum absolute atomic E-state index is 0.195. The molecule has 0 saturated carbocycles. The van der Waals surface area contributed by atoms with Crippen molar-refractivity contribution in [3.8, 4) is 0 Å². The van der Waals surface area contributed by atoms with Crippen molar-refractivity contribution >= 4 is 31.9 Å². The molecular weight excluding hydrogens is 325 g/mol. The van der Waals surface area contributed by atoms with E-state index in [-0.39, 0.29) is 5.82 Å². The van der Waals surface area contributed by atoms with Gasteiger partial charge in [0.15, 0.2) is 0 Å². The highest BCUT2D eigenvalue weighted by atomic mass is 79.9. The Morgan fingerprint density at radius 3 is 2.60 bits per heavy atom. The third-order valence-corrected chi connectivity index (χ3v) is 2.69. The summed E-state index contributed by atoms with van der Waals surface area (Å²) in [6, 6.07) is 4.98. The van der Waals surface area contributed by atoms with E-state index in [1.54, 1.807) is 6.07 Å². The number of rotatable bonds is 4. The number of halogens is 3. The largest absolute Gasteiger partial charge is 0.301 e. The van der Waals surface area contributed by atoms with Crippen molar-refractivity contribution in [1.29, 1.82) is 0 Å². The average Bonchev–Trinajstić information content (AvgIpc) is 1.98. The molecule has 0 aliphatic carbocycles. The standard InChI is InChI=1S/C11H14Br2FN/c1-8(12)6-15(2)7-9-3-10(13)5-11(14)4-9/h3-5,8H,6-7H2,1-2H3. The summed E-state index contributed by atoms with van der Waals surface area (Å²) >= 11 is 6.78. The van der Waals surface area contributed by atoms with Crippen LogP contribution in [0.1, 0.15) is 12.5 Å². The highest BCUT2D eigenvalue weighted by molar-refractivity contribution is 9.10. The van der Waals surface area contributed by atoms with Gasteiger partial charge in [0.25, 0.3) is 0 Å². The molecule has 1 aromatic rings. The zero-order chi connectivity index (χ0) is 11.4. The van der Waals surface area contributed by atoms with Crippen LogP contribution in [0.2, 0.25) is 0 Å². The first kappa shape index (κ1) is 13.1. The second-order valence-electron chi connectivity index (χ2n) is 3.76. The Bertz CT molecular complexity index is 308. The van der Waals surface area contributed by atoms with Gasteiger partial charge in [-0.3, -0.25) is 0 Å². The summed E-state index contributed by atoms with van der Waals surface area (Å²) in [4.78, 5) is 2.60. The molecule has 0 amide bonds. The van der Waals surface area contributed by atoms with Gasteiger partial charge < -0.3 is 4.90 Å². The lowest BCUT2D eigenvalue weighted by atomic mass is 10.2. The number of hydrogen-bond acceptors (Lipinski definition) is 1. The Morgan fingerprint density at radius 1 is 1.40 bits per heavy atom. The Morgan fingerprint density at radius 2 is 2.07 bits per heavy atom. The smallest absolute Gasteiger partial charge is 0.124 e. The summed E-state index contributed by atoms with van der Waals surface area (Å²) in [6.07, 6.45) is 0. The second kappa shape index (κ2) is 5.97. The van der Waals surface area contributed by atoms with Gasteiger partial charge in [-0.05, 0) is 30.8 Å². The predicted molar refractivity (Wildman–Crippen MR) is 68.8 cm³/mol. The first-order valence-electron chi connectivity index (χ1n) is 4.75. The fraction of sp³-hybridized carbons (Fsp3) is 0.455. The van der Waals surface area contributed by atoms with Gasteiger partial charge in [0.1, 0.15) is 5.82 Å². The zero-order valence-electron chi connectivity index (χ0n) is 8.80. The van der Waals surface area contributed by atoms with E-state index < -0.39 is 0 Å². The van der Waals surface area contributed by atoms with E-state index in [0.717, 1.165) is 23.1 Å². The highest BCUT2D eigenvalue weighted by Gasteiger charge is 2.05. The summed E-state index contributed by atoms with van der Waals surface area (Å²) in [7, 11) is 2.02. The van der Waals surface area contributed by atoms with Crippen LogP contribution in [0.25, 0.3) is 0 Å². The third-order valence-electron chi connectivity index (χ3n) is 1.94. The van der Waals surface area contributed by atoms with Gasteiger partial charge in [0.05, 0.1) is 0 Å². The lowest BCUT2D eigenvalue weighted by Gasteiger charge is -2.18. The van der Waals surface area contributed by atoms with Crippen LogP contribution >= 0.6 is 31.9 Å². The lowest BCUT2D eigenvalue weighted by Crippen LogP contribution is -2.24. The van der Waals surface area contributed by atoms with Crippen LogP contribution < -0.4 is 0 Å². The van der Waals surface area contributed by atoms with Crippen LogP contribution in [-0.2, 0) is 6.54 Å². The zero-order valence-corrected chi connectivity index (χ0v) is 12.0. The summed E-state index contributed by atoms with van der Waals surface area (Å²) in [5.41, 5.74) is 0.984. The van der Waals surface area contributed by atoms with Crippen LogP contribution in [0.4, 0.5) is 4.39 Å². The fourth-order valence-corrected chi connectivity index (χ4v) is 2.51. The van der Waals surface area contributed by atoms with Crippen molar-refractivity contribution in [2.24, 2.45) is 0 Å². The van der Waals surface area contributed by atoms with E-state index in [4.69, 9.17) is 0 Å². The molecule has 0 aliphatic heterocycles. The second-order valence-corrected chi connectivity index (χ2v) is 6.23. The molecule has 84 valence electrons. The maximum absolute atomic E-state index is 13.1. The first-order chi connectivity index (χ1) is 6.97. The molecule has 1 rings (SSSR count). The molecule has 1 atom stereocenters. The van der Waals surface area contributed by atoms with Gasteiger partial charge in [-0.1, -0.05) is 38.8 Å². The summed E-state index contributed by atoms with van der Waals surface area (Å²) in [6.45, 7) is 3.79. The van der Waals surface area contributed by atoms with Gasteiger partial charge in [0.2, 0.25) is 0 Å². The van der Waals surface area contributed by atoms with Crippen LogP contribution in [-0.4, -0.2) is 23.3 Å². The monoisotopic (exact) mass is 337 g/mol. The van der Waals surface area contributed by atoms with Crippen LogP contribution in [0.3, 0.4) is 0 Å². The molecule has 0 N–H and O–H groups in total.